The third kappa shape index (κ3) is 7.91. The summed E-state index contributed by atoms with van der Waals surface area (Å²) >= 11 is 18.5. The highest BCUT2D eigenvalue weighted by Crippen LogP contribution is 2.27. The largest absolute Gasteiger partial charge is 0.352 e. The Kier molecular flexibility index (Phi) is 10.9. The van der Waals surface area contributed by atoms with Crippen molar-refractivity contribution in [3.8, 4) is 0 Å². The topological polar surface area (TPSA) is 86.8 Å². The number of sulfonamides is 1. The normalized spacial score (nSPS) is 12.9. The quantitative estimate of drug-likeness (QED) is 0.265. The first-order chi connectivity index (χ1) is 18.8. The van der Waals surface area contributed by atoms with Gasteiger partial charge in [-0.3, -0.25) is 13.9 Å². The van der Waals surface area contributed by atoms with Gasteiger partial charge >= 0.3 is 0 Å². The lowest BCUT2D eigenvalue weighted by Gasteiger charge is -2.32. The Morgan fingerprint density at radius 1 is 0.900 bits per heavy atom. The Morgan fingerprint density at radius 2 is 1.50 bits per heavy atom. The van der Waals surface area contributed by atoms with Crippen molar-refractivity contribution in [2.24, 2.45) is 0 Å². The van der Waals surface area contributed by atoms with Gasteiger partial charge in [0.15, 0.2) is 0 Å². The highest BCUT2D eigenvalue weighted by Gasteiger charge is 2.33. The molecule has 11 heteroatoms. The maximum atomic E-state index is 14.0. The van der Waals surface area contributed by atoms with E-state index in [0.29, 0.717) is 32.7 Å². The van der Waals surface area contributed by atoms with Crippen LogP contribution in [-0.2, 0) is 26.2 Å². The molecule has 0 fully saturated rings. The Balaban J connectivity index is 2.04. The van der Waals surface area contributed by atoms with E-state index in [2.05, 4.69) is 5.32 Å². The number of rotatable bonds is 11. The first kappa shape index (κ1) is 31.7. The van der Waals surface area contributed by atoms with Crippen LogP contribution in [-0.4, -0.2) is 43.8 Å². The zero-order valence-electron chi connectivity index (χ0n) is 22.7. The monoisotopic (exact) mass is 623 g/mol. The third-order valence-electron chi connectivity index (χ3n) is 6.53. The molecular weight excluding hydrogens is 593 g/mol. The minimum Gasteiger partial charge on any atom is -0.352 e. The fourth-order valence-corrected chi connectivity index (χ4v) is 5.86. The van der Waals surface area contributed by atoms with E-state index in [1.165, 1.54) is 29.2 Å². The minimum atomic E-state index is -4.18. The van der Waals surface area contributed by atoms with Crippen molar-refractivity contribution in [2.75, 3.05) is 10.8 Å². The zero-order valence-corrected chi connectivity index (χ0v) is 25.8. The number of aryl methyl sites for hydroxylation is 1. The van der Waals surface area contributed by atoms with Gasteiger partial charge < -0.3 is 10.2 Å². The number of nitrogens with zero attached hydrogens (tertiary/aromatic N) is 2. The second kappa shape index (κ2) is 13.7. The van der Waals surface area contributed by atoms with Crippen molar-refractivity contribution in [1.82, 2.24) is 10.2 Å². The van der Waals surface area contributed by atoms with E-state index < -0.39 is 28.5 Å². The molecule has 7 nitrogen and oxygen atoms in total. The SMILES string of the molecule is CC[C@@H](C)NC(=O)[C@H](C)N(Cc1ccc(Cl)cc1Cl)C(=O)CN(c1ccc(C)cc1)S(=O)(=O)c1ccc(Cl)cc1. The summed E-state index contributed by atoms with van der Waals surface area (Å²) in [6.07, 6.45) is 0.704. The van der Waals surface area contributed by atoms with Gasteiger partial charge in [-0.05, 0) is 81.3 Å². The predicted molar refractivity (Wildman–Crippen MR) is 162 cm³/mol. The van der Waals surface area contributed by atoms with Gasteiger partial charge in [-0.25, -0.2) is 8.42 Å². The van der Waals surface area contributed by atoms with Gasteiger partial charge in [-0.15, -0.1) is 0 Å². The van der Waals surface area contributed by atoms with Gasteiger partial charge in [0.05, 0.1) is 10.6 Å². The number of halogens is 3. The molecule has 0 aromatic heterocycles. The van der Waals surface area contributed by atoms with Gasteiger partial charge in [-0.1, -0.05) is 65.5 Å². The molecular formula is C29H32Cl3N3O4S. The Bertz CT molecular complexity index is 1450. The highest BCUT2D eigenvalue weighted by atomic mass is 35.5. The average Bonchev–Trinajstić information content (AvgIpc) is 2.91. The lowest BCUT2D eigenvalue weighted by atomic mass is 10.1. The summed E-state index contributed by atoms with van der Waals surface area (Å²) in [5, 5.41) is 4.02. The van der Waals surface area contributed by atoms with Gasteiger partial charge in [-0.2, -0.15) is 0 Å². The molecule has 0 saturated heterocycles. The number of amides is 2. The molecule has 0 heterocycles. The number of anilines is 1. The van der Waals surface area contributed by atoms with E-state index in [0.717, 1.165) is 9.87 Å². The lowest BCUT2D eigenvalue weighted by Crippen LogP contribution is -2.52. The van der Waals surface area contributed by atoms with Crippen LogP contribution in [0.5, 0.6) is 0 Å². The summed E-state index contributed by atoms with van der Waals surface area (Å²) in [6, 6.07) is 16.3. The number of hydrogen-bond acceptors (Lipinski definition) is 4. The van der Waals surface area contributed by atoms with Crippen molar-refractivity contribution in [1.29, 1.82) is 0 Å². The molecule has 2 amide bonds. The van der Waals surface area contributed by atoms with E-state index >= 15 is 0 Å². The fourth-order valence-electron chi connectivity index (χ4n) is 3.86. The molecule has 0 aliphatic carbocycles. The molecule has 0 unspecified atom stereocenters. The number of carbonyl (C=O) groups is 2. The molecule has 3 aromatic carbocycles. The molecule has 0 aliphatic heterocycles. The van der Waals surface area contributed by atoms with Gasteiger partial charge in [0.2, 0.25) is 11.8 Å². The Labute approximate surface area is 251 Å². The predicted octanol–water partition coefficient (Wildman–Crippen LogP) is 6.48. The number of benzene rings is 3. The molecule has 0 radical (unpaired) electrons. The van der Waals surface area contributed by atoms with Crippen LogP contribution >= 0.6 is 34.8 Å². The molecule has 214 valence electrons. The maximum Gasteiger partial charge on any atom is 0.264 e. The number of hydrogen-bond donors (Lipinski definition) is 1. The van der Waals surface area contributed by atoms with Gasteiger partial charge in [0, 0.05) is 27.7 Å². The van der Waals surface area contributed by atoms with Crippen molar-refractivity contribution in [3.05, 3.63) is 92.9 Å². The minimum absolute atomic E-state index is 0.0277. The molecule has 0 bridgehead atoms. The first-order valence-corrected chi connectivity index (χ1v) is 15.3. The van der Waals surface area contributed by atoms with Gasteiger partial charge in [0.25, 0.3) is 10.0 Å². The van der Waals surface area contributed by atoms with Crippen molar-refractivity contribution in [3.63, 3.8) is 0 Å². The van der Waals surface area contributed by atoms with E-state index in [1.54, 1.807) is 49.4 Å². The van der Waals surface area contributed by atoms with Crippen molar-refractivity contribution >= 4 is 62.3 Å². The lowest BCUT2D eigenvalue weighted by molar-refractivity contribution is -0.139. The molecule has 40 heavy (non-hydrogen) atoms. The standard InChI is InChI=1S/C29H32Cl3N3O4S/c1-5-20(3)33-29(37)21(4)34(17-22-8-9-24(31)16-27(22)32)28(36)18-35(25-12-6-19(2)7-13-25)40(38,39)26-14-10-23(30)11-15-26/h6-16,20-21H,5,17-18H2,1-4H3,(H,33,37)/t20-,21+/m1/s1. The molecule has 0 spiro atoms. The van der Waals surface area contributed by atoms with Gasteiger partial charge in [0.1, 0.15) is 12.6 Å². The maximum absolute atomic E-state index is 14.0. The van der Waals surface area contributed by atoms with Crippen molar-refractivity contribution in [2.45, 2.75) is 57.6 Å². The number of carbonyl (C=O) groups excluding carboxylic acids is 2. The molecule has 0 aliphatic rings. The molecule has 2 atom stereocenters. The van der Waals surface area contributed by atoms with Crippen LogP contribution in [0, 0.1) is 6.92 Å². The highest BCUT2D eigenvalue weighted by molar-refractivity contribution is 7.92. The summed E-state index contributed by atoms with van der Waals surface area (Å²) in [4.78, 5) is 28.4. The third-order valence-corrected chi connectivity index (χ3v) is 9.15. The van der Waals surface area contributed by atoms with Crippen LogP contribution in [0.25, 0.3) is 0 Å². The summed E-state index contributed by atoms with van der Waals surface area (Å²) < 4.78 is 28.7. The Hall–Kier alpha value is -2.78. The number of nitrogens with one attached hydrogen (secondary N) is 1. The zero-order chi connectivity index (χ0) is 29.6. The van der Waals surface area contributed by atoms with Crippen LogP contribution in [0.3, 0.4) is 0 Å². The molecule has 3 aromatic rings. The smallest absolute Gasteiger partial charge is 0.264 e. The summed E-state index contributed by atoms with van der Waals surface area (Å²) in [5.74, 6) is -0.953. The Morgan fingerprint density at radius 3 is 2.08 bits per heavy atom. The van der Waals surface area contributed by atoms with E-state index in [9.17, 15) is 18.0 Å². The second-order valence-electron chi connectivity index (χ2n) is 9.55. The van der Waals surface area contributed by atoms with Crippen LogP contribution in [0.15, 0.2) is 71.6 Å². The van der Waals surface area contributed by atoms with E-state index in [4.69, 9.17) is 34.8 Å². The van der Waals surface area contributed by atoms with Crippen LogP contribution in [0.2, 0.25) is 15.1 Å². The van der Waals surface area contributed by atoms with Crippen LogP contribution in [0.4, 0.5) is 5.69 Å². The second-order valence-corrected chi connectivity index (χ2v) is 12.7. The van der Waals surface area contributed by atoms with Crippen molar-refractivity contribution < 1.29 is 18.0 Å². The molecule has 1 N–H and O–H groups in total. The first-order valence-electron chi connectivity index (χ1n) is 12.7. The summed E-state index contributed by atoms with van der Waals surface area (Å²) in [5.41, 5.74) is 1.79. The average molecular weight is 625 g/mol. The molecule has 0 saturated carbocycles. The molecule has 3 rings (SSSR count). The van der Waals surface area contributed by atoms with Crippen LogP contribution in [0.1, 0.15) is 38.3 Å². The van der Waals surface area contributed by atoms with E-state index in [-0.39, 0.29) is 23.4 Å². The fraction of sp³-hybridized carbons (Fsp3) is 0.310. The summed E-state index contributed by atoms with van der Waals surface area (Å²) in [6.45, 7) is 6.69. The van der Waals surface area contributed by atoms with Crippen LogP contribution < -0.4 is 9.62 Å². The summed E-state index contributed by atoms with van der Waals surface area (Å²) in [7, 11) is -4.18. The van der Waals surface area contributed by atoms with E-state index in [1.807, 2.05) is 20.8 Å².